The number of pyridine rings is 1. The van der Waals surface area contributed by atoms with Crippen molar-refractivity contribution < 1.29 is 18.0 Å². The van der Waals surface area contributed by atoms with E-state index in [0.29, 0.717) is 24.8 Å². The summed E-state index contributed by atoms with van der Waals surface area (Å²) in [5.41, 5.74) is 5.63. The summed E-state index contributed by atoms with van der Waals surface area (Å²) < 4.78 is 38.9. The van der Waals surface area contributed by atoms with Gasteiger partial charge in [-0.05, 0) is 77.9 Å². The van der Waals surface area contributed by atoms with Crippen LogP contribution in [0.3, 0.4) is 0 Å². The fourth-order valence-corrected chi connectivity index (χ4v) is 5.44. The second-order valence-corrected chi connectivity index (χ2v) is 11.2. The molecule has 0 unspecified atom stereocenters. The summed E-state index contributed by atoms with van der Waals surface area (Å²) in [7, 11) is 0. The number of benzene rings is 3. The summed E-state index contributed by atoms with van der Waals surface area (Å²) in [6, 6.07) is 25.1. The molecule has 1 saturated carbocycles. The SMILES string of the molecule is Cc1ncccc1CN(Cc1ccc(-c2ccc(CNC3CCCCC3)cc2)cc1)C(=O)Nc1ccc(C(F)(F)F)cc1. The molecule has 5 rings (SSSR count). The molecule has 3 aromatic carbocycles. The number of hydrogen-bond donors (Lipinski definition) is 2. The number of rotatable bonds is 9. The standard InChI is InChI=1S/C35H37F3N4O/c1-25-30(6-5-21-39-25)24-42(34(43)41-33-19-17-31(18-20-33)35(36,37)38)23-27-11-15-29(16-12-27)28-13-9-26(10-14-28)22-40-32-7-3-2-4-8-32/h5-6,9-21,32,40H,2-4,7-8,22-24H2,1H3,(H,41,43). The summed E-state index contributed by atoms with van der Waals surface area (Å²) >= 11 is 0. The summed E-state index contributed by atoms with van der Waals surface area (Å²) in [6.45, 7) is 3.37. The minimum absolute atomic E-state index is 0.290. The maximum Gasteiger partial charge on any atom is 0.416 e. The van der Waals surface area contributed by atoms with Crippen molar-refractivity contribution in [2.45, 2.75) is 70.9 Å². The van der Waals surface area contributed by atoms with Gasteiger partial charge in [-0.2, -0.15) is 13.2 Å². The van der Waals surface area contributed by atoms with E-state index in [1.165, 1.54) is 49.8 Å². The van der Waals surface area contributed by atoms with Gasteiger partial charge in [0.15, 0.2) is 0 Å². The van der Waals surface area contributed by atoms with Gasteiger partial charge >= 0.3 is 12.2 Å². The number of carbonyl (C=O) groups is 1. The molecule has 1 aliphatic carbocycles. The summed E-state index contributed by atoms with van der Waals surface area (Å²) in [6.07, 6.45) is 3.77. The number of aryl methyl sites for hydroxylation is 1. The zero-order valence-electron chi connectivity index (χ0n) is 24.3. The average molecular weight is 587 g/mol. The van der Waals surface area contributed by atoms with Crippen LogP contribution in [-0.4, -0.2) is 22.0 Å². The van der Waals surface area contributed by atoms with Gasteiger partial charge in [0.25, 0.3) is 0 Å². The highest BCUT2D eigenvalue weighted by atomic mass is 19.4. The summed E-state index contributed by atoms with van der Waals surface area (Å²) in [4.78, 5) is 19.3. The maximum atomic E-state index is 13.4. The van der Waals surface area contributed by atoms with Gasteiger partial charge in [-0.25, -0.2) is 4.79 Å². The quantitative estimate of drug-likeness (QED) is 0.206. The molecule has 224 valence electrons. The molecule has 0 bridgehead atoms. The second-order valence-electron chi connectivity index (χ2n) is 11.2. The Morgan fingerprint density at radius 1 is 0.837 bits per heavy atom. The molecule has 0 saturated heterocycles. The summed E-state index contributed by atoms with van der Waals surface area (Å²) in [5.74, 6) is 0. The predicted octanol–water partition coefficient (Wildman–Crippen LogP) is 8.73. The highest BCUT2D eigenvalue weighted by Crippen LogP contribution is 2.30. The highest BCUT2D eigenvalue weighted by Gasteiger charge is 2.30. The van der Waals surface area contributed by atoms with E-state index in [1.807, 2.05) is 43.3 Å². The fraction of sp³-hybridized carbons (Fsp3) is 0.314. The topological polar surface area (TPSA) is 57.3 Å². The Labute approximate surface area is 251 Å². The molecular weight excluding hydrogens is 549 g/mol. The van der Waals surface area contributed by atoms with Crippen LogP contribution in [-0.2, 0) is 25.8 Å². The molecule has 8 heteroatoms. The van der Waals surface area contributed by atoms with E-state index in [4.69, 9.17) is 0 Å². The van der Waals surface area contributed by atoms with Crippen LogP contribution < -0.4 is 10.6 Å². The highest BCUT2D eigenvalue weighted by molar-refractivity contribution is 5.89. The van der Waals surface area contributed by atoms with Crippen LogP contribution in [0.4, 0.5) is 23.7 Å². The molecule has 1 aromatic heterocycles. The van der Waals surface area contributed by atoms with Crippen LogP contribution in [0, 0.1) is 6.92 Å². The molecular formula is C35H37F3N4O. The lowest BCUT2D eigenvalue weighted by molar-refractivity contribution is -0.137. The Morgan fingerprint density at radius 3 is 2.07 bits per heavy atom. The molecule has 2 amide bonds. The zero-order valence-corrected chi connectivity index (χ0v) is 24.3. The molecule has 1 fully saturated rings. The number of hydrogen-bond acceptors (Lipinski definition) is 3. The van der Waals surface area contributed by atoms with Crippen molar-refractivity contribution in [2.75, 3.05) is 5.32 Å². The number of nitrogens with zero attached hydrogens (tertiary/aromatic N) is 2. The van der Waals surface area contributed by atoms with Crippen LogP contribution in [0.5, 0.6) is 0 Å². The van der Waals surface area contributed by atoms with E-state index >= 15 is 0 Å². The third-order valence-corrected chi connectivity index (χ3v) is 8.04. The monoisotopic (exact) mass is 586 g/mol. The lowest BCUT2D eigenvalue weighted by atomic mass is 9.95. The van der Waals surface area contributed by atoms with Crippen LogP contribution in [0.1, 0.15) is 60.1 Å². The van der Waals surface area contributed by atoms with E-state index in [2.05, 4.69) is 39.9 Å². The Kier molecular flexibility index (Phi) is 9.77. The van der Waals surface area contributed by atoms with E-state index < -0.39 is 17.8 Å². The Hall–Kier alpha value is -4.17. The molecule has 0 radical (unpaired) electrons. The first-order chi connectivity index (χ1) is 20.7. The van der Waals surface area contributed by atoms with Gasteiger partial charge in [-0.3, -0.25) is 4.98 Å². The van der Waals surface area contributed by atoms with Gasteiger partial charge in [-0.1, -0.05) is 73.9 Å². The van der Waals surface area contributed by atoms with Gasteiger partial charge in [0.2, 0.25) is 0 Å². The Bertz CT molecular complexity index is 1480. The van der Waals surface area contributed by atoms with Crippen LogP contribution in [0.25, 0.3) is 11.1 Å². The number of halogens is 3. The molecule has 2 N–H and O–H groups in total. The smallest absolute Gasteiger partial charge is 0.316 e. The van der Waals surface area contributed by atoms with Gasteiger partial charge in [0.1, 0.15) is 0 Å². The van der Waals surface area contributed by atoms with Crippen molar-refractivity contribution in [2.24, 2.45) is 0 Å². The lowest BCUT2D eigenvalue weighted by Gasteiger charge is -2.24. The van der Waals surface area contributed by atoms with Gasteiger partial charge in [-0.15, -0.1) is 0 Å². The average Bonchev–Trinajstić information content (AvgIpc) is 3.02. The van der Waals surface area contributed by atoms with Crippen molar-refractivity contribution in [3.8, 4) is 11.1 Å². The lowest BCUT2D eigenvalue weighted by Crippen LogP contribution is -2.34. The maximum absolute atomic E-state index is 13.4. The van der Waals surface area contributed by atoms with Crippen LogP contribution >= 0.6 is 0 Å². The van der Waals surface area contributed by atoms with Gasteiger partial charge in [0.05, 0.1) is 5.56 Å². The van der Waals surface area contributed by atoms with E-state index in [1.54, 1.807) is 11.1 Å². The van der Waals surface area contributed by atoms with Crippen molar-refractivity contribution in [3.05, 3.63) is 119 Å². The van der Waals surface area contributed by atoms with Crippen LogP contribution in [0.15, 0.2) is 91.1 Å². The minimum Gasteiger partial charge on any atom is -0.316 e. The number of carbonyl (C=O) groups excluding carboxylic acids is 1. The molecule has 43 heavy (non-hydrogen) atoms. The normalized spacial score (nSPS) is 14.0. The third-order valence-electron chi connectivity index (χ3n) is 8.04. The van der Waals surface area contributed by atoms with Crippen LogP contribution in [0.2, 0.25) is 0 Å². The van der Waals surface area contributed by atoms with E-state index in [-0.39, 0.29) is 0 Å². The molecule has 5 nitrogen and oxygen atoms in total. The number of alkyl halides is 3. The first kappa shape index (κ1) is 30.3. The zero-order chi connectivity index (χ0) is 30.2. The van der Waals surface area contributed by atoms with E-state index in [9.17, 15) is 18.0 Å². The minimum atomic E-state index is -4.44. The predicted molar refractivity (Wildman–Crippen MR) is 164 cm³/mol. The first-order valence-electron chi connectivity index (χ1n) is 14.8. The first-order valence-corrected chi connectivity index (χ1v) is 14.8. The van der Waals surface area contributed by atoms with Crippen molar-refractivity contribution in [3.63, 3.8) is 0 Å². The number of urea groups is 1. The second kappa shape index (κ2) is 13.9. The Balaban J connectivity index is 1.25. The van der Waals surface area contributed by atoms with E-state index in [0.717, 1.165) is 46.6 Å². The van der Waals surface area contributed by atoms with Gasteiger partial charge < -0.3 is 15.5 Å². The molecule has 4 aromatic rings. The molecule has 0 spiro atoms. The number of anilines is 1. The number of amides is 2. The molecule has 0 aliphatic heterocycles. The summed E-state index contributed by atoms with van der Waals surface area (Å²) in [5, 5.41) is 6.44. The molecule has 1 aliphatic rings. The fourth-order valence-electron chi connectivity index (χ4n) is 5.44. The third kappa shape index (κ3) is 8.45. The number of nitrogens with one attached hydrogen (secondary N) is 2. The molecule has 1 heterocycles. The van der Waals surface area contributed by atoms with Gasteiger partial charge in [0, 0.05) is 43.3 Å². The number of aromatic nitrogens is 1. The Morgan fingerprint density at radius 2 is 1.47 bits per heavy atom. The van der Waals surface area contributed by atoms with Crippen molar-refractivity contribution >= 4 is 11.7 Å². The largest absolute Gasteiger partial charge is 0.416 e. The van der Waals surface area contributed by atoms with Crippen molar-refractivity contribution in [1.82, 2.24) is 15.2 Å². The van der Waals surface area contributed by atoms with Crippen molar-refractivity contribution in [1.29, 1.82) is 0 Å². The molecule has 0 atom stereocenters.